The first-order valence-corrected chi connectivity index (χ1v) is 7.25. The Morgan fingerprint density at radius 2 is 2.25 bits per heavy atom. The van der Waals surface area contributed by atoms with Crippen molar-refractivity contribution in [1.82, 2.24) is 14.9 Å². The van der Waals surface area contributed by atoms with Gasteiger partial charge < -0.3 is 9.88 Å². The smallest absolute Gasteiger partial charge is 0.254 e. The maximum Gasteiger partial charge on any atom is 0.254 e. The summed E-state index contributed by atoms with van der Waals surface area (Å²) >= 11 is 1.60. The lowest BCUT2D eigenvalue weighted by atomic mass is 10.1. The second kappa shape index (κ2) is 5.09. The number of amides is 1. The summed E-state index contributed by atoms with van der Waals surface area (Å²) in [6, 6.07) is 7.70. The van der Waals surface area contributed by atoms with Crippen LogP contribution in [-0.2, 0) is 6.54 Å². The molecule has 0 aliphatic heterocycles. The fraction of sp³-hybridized carbons (Fsp3) is 0.200. The SMILES string of the molecule is Cc1nc(CN(C)C(=O)c2ccc3cc[nH]c3c2)cs1. The zero-order chi connectivity index (χ0) is 14.1. The number of thiazole rings is 1. The summed E-state index contributed by atoms with van der Waals surface area (Å²) in [5.74, 6) is 0.00662. The highest BCUT2D eigenvalue weighted by molar-refractivity contribution is 7.09. The van der Waals surface area contributed by atoms with Crippen LogP contribution in [0.1, 0.15) is 21.1 Å². The van der Waals surface area contributed by atoms with E-state index in [1.807, 2.05) is 42.8 Å². The molecule has 3 rings (SSSR count). The number of hydrogen-bond acceptors (Lipinski definition) is 3. The number of carbonyl (C=O) groups is 1. The summed E-state index contributed by atoms with van der Waals surface area (Å²) in [5.41, 5.74) is 2.60. The minimum absolute atomic E-state index is 0.00662. The average Bonchev–Trinajstić information content (AvgIpc) is 3.05. The molecule has 1 aromatic carbocycles. The number of aryl methyl sites for hydroxylation is 1. The van der Waals surface area contributed by atoms with Gasteiger partial charge in [-0.3, -0.25) is 4.79 Å². The van der Waals surface area contributed by atoms with Gasteiger partial charge in [-0.1, -0.05) is 6.07 Å². The van der Waals surface area contributed by atoms with Crippen LogP contribution in [0.3, 0.4) is 0 Å². The summed E-state index contributed by atoms with van der Waals surface area (Å²) in [5, 5.41) is 4.13. The van der Waals surface area contributed by atoms with Gasteiger partial charge in [0.2, 0.25) is 0 Å². The van der Waals surface area contributed by atoms with Gasteiger partial charge in [-0.25, -0.2) is 4.98 Å². The van der Waals surface area contributed by atoms with Gasteiger partial charge >= 0.3 is 0 Å². The molecule has 0 fully saturated rings. The van der Waals surface area contributed by atoms with Gasteiger partial charge in [-0.15, -0.1) is 11.3 Å². The van der Waals surface area contributed by atoms with E-state index in [4.69, 9.17) is 0 Å². The highest BCUT2D eigenvalue weighted by atomic mass is 32.1. The van der Waals surface area contributed by atoms with Gasteiger partial charge in [-0.2, -0.15) is 0 Å². The molecule has 3 aromatic rings. The van der Waals surface area contributed by atoms with E-state index >= 15 is 0 Å². The molecule has 0 saturated carbocycles. The fourth-order valence-electron chi connectivity index (χ4n) is 2.20. The molecule has 0 aliphatic carbocycles. The van der Waals surface area contributed by atoms with E-state index in [1.54, 1.807) is 23.3 Å². The number of hydrogen-bond donors (Lipinski definition) is 1. The summed E-state index contributed by atoms with van der Waals surface area (Å²) in [7, 11) is 1.80. The second-order valence-electron chi connectivity index (χ2n) is 4.80. The molecule has 20 heavy (non-hydrogen) atoms. The van der Waals surface area contributed by atoms with Crippen molar-refractivity contribution in [1.29, 1.82) is 0 Å². The van der Waals surface area contributed by atoms with E-state index in [0.29, 0.717) is 12.1 Å². The third-order valence-corrected chi connectivity index (χ3v) is 4.04. The zero-order valence-electron chi connectivity index (χ0n) is 11.4. The number of nitrogens with one attached hydrogen (secondary N) is 1. The second-order valence-corrected chi connectivity index (χ2v) is 5.86. The summed E-state index contributed by atoms with van der Waals surface area (Å²) < 4.78 is 0. The zero-order valence-corrected chi connectivity index (χ0v) is 12.2. The minimum Gasteiger partial charge on any atom is -0.361 e. The summed E-state index contributed by atoms with van der Waals surface area (Å²) in [6.45, 7) is 2.50. The van der Waals surface area contributed by atoms with E-state index in [0.717, 1.165) is 21.6 Å². The molecular formula is C15H15N3OS. The Labute approximate surface area is 121 Å². The minimum atomic E-state index is 0.00662. The van der Waals surface area contributed by atoms with Crippen LogP contribution in [0.4, 0.5) is 0 Å². The number of aromatic amines is 1. The molecule has 2 aromatic heterocycles. The maximum absolute atomic E-state index is 12.4. The molecule has 5 heteroatoms. The quantitative estimate of drug-likeness (QED) is 0.803. The van der Waals surface area contributed by atoms with Crippen molar-refractivity contribution in [3.05, 3.63) is 52.1 Å². The van der Waals surface area contributed by atoms with Crippen LogP contribution in [0.15, 0.2) is 35.8 Å². The molecule has 0 radical (unpaired) electrons. The Bertz CT molecular complexity index is 759. The highest BCUT2D eigenvalue weighted by Gasteiger charge is 2.13. The van der Waals surface area contributed by atoms with Crippen molar-refractivity contribution >= 4 is 28.1 Å². The summed E-state index contributed by atoms with van der Waals surface area (Å²) in [4.78, 5) is 21.6. The largest absolute Gasteiger partial charge is 0.361 e. The van der Waals surface area contributed by atoms with E-state index in [9.17, 15) is 4.79 Å². The first-order valence-electron chi connectivity index (χ1n) is 6.37. The molecule has 2 heterocycles. The van der Waals surface area contributed by atoms with Gasteiger partial charge in [0.15, 0.2) is 0 Å². The molecule has 0 aliphatic rings. The van der Waals surface area contributed by atoms with E-state index in [1.165, 1.54) is 0 Å². The molecular weight excluding hydrogens is 270 g/mol. The fourth-order valence-corrected chi connectivity index (χ4v) is 2.80. The van der Waals surface area contributed by atoms with Crippen LogP contribution in [-0.4, -0.2) is 27.8 Å². The van der Waals surface area contributed by atoms with Crippen molar-refractivity contribution in [2.24, 2.45) is 0 Å². The molecule has 102 valence electrons. The Morgan fingerprint density at radius 3 is 3.00 bits per heavy atom. The van der Waals surface area contributed by atoms with Crippen molar-refractivity contribution in [2.45, 2.75) is 13.5 Å². The van der Waals surface area contributed by atoms with E-state index < -0.39 is 0 Å². The lowest BCUT2D eigenvalue weighted by Gasteiger charge is -2.16. The standard InChI is InChI=1S/C15H15N3OS/c1-10-17-13(9-20-10)8-18(2)15(19)12-4-3-11-5-6-16-14(11)7-12/h3-7,9,16H,8H2,1-2H3. The Hall–Kier alpha value is -2.14. The lowest BCUT2D eigenvalue weighted by molar-refractivity contribution is 0.0783. The number of benzene rings is 1. The predicted octanol–water partition coefficient (Wildman–Crippen LogP) is 3.21. The van der Waals surface area contributed by atoms with Gasteiger partial charge in [0.1, 0.15) is 0 Å². The van der Waals surface area contributed by atoms with Gasteiger partial charge in [0, 0.05) is 29.7 Å². The van der Waals surface area contributed by atoms with Crippen molar-refractivity contribution in [3.63, 3.8) is 0 Å². The van der Waals surface area contributed by atoms with Crippen LogP contribution in [0.2, 0.25) is 0 Å². The average molecular weight is 285 g/mol. The molecule has 0 atom stereocenters. The lowest BCUT2D eigenvalue weighted by Crippen LogP contribution is -2.26. The van der Waals surface area contributed by atoms with Crippen LogP contribution in [0.25, 0.3) is 10.9 Å². The molecule has 0 spiro atoms. The van der Waals surface area contributed by atoms with Gasteiger partial charge in [-0.05, 0) is 30.5 Å². The maximum atomic E-state index is 12.4. The highest BCUT2D eigenvalue weighted by Crippen LogP contribution is 2.16. The van der Waals surface area contributed by atoms with Gasteiger partial charge in [0.05, 0.1) is 17.2 Å². The number of nitrogens with zero attached hydrogens (tertiary/aromatic N) is 2. The number of carbonyl (C=O) groups excluding carboxylic acids is 1. The van der Waals surface area contributed by atoms with Crippen molar-refractivity contribution < 1.29 is 4.79 Å². The number of H-pyrrole nitrogens is 1. The molecule has 0 bridgehead atoms. The molecule has 1 N–H and O–H groups in total. The van der Waals surface area contributed by atoms with Crippen LogP contribution in [0, 0.1) is 6.92 Å². The number of fused-ring (bicyclic) bond motifs is 1. The van der Waals surface area contributed by atoms with Crippen LogP contribution in [0.5, 0.6) is 0 Å². The first kappa shape index (κ1) is 12.9. The topological polar surface area (TPSA) is 49.0 Å². The Balaban J connectivity index is 1.80. The normalized spacial score (nSPS) is 10.9. The predicted molar refractivity (Wildman–Crippen MR) is 80.9 cm³/mol. The van der Waals surface area contributed by atoms with Crippen LogP contribution < -0.4 is 0 Å². The number of rotatable bonds is 3. The van der Waals surface area contributed by atoms with Crippen LogP contribution >= 0.6 is 11.3 Å². The first-order chi connectivity index (χ1) is 9.63. The summed E-state index contributed by atoms with van der Waals surface area (Å²) in [6.07, 6.45) is 1.88. The molecule has 0 saturated heterocycles. The Kier molecular flexibility index (Phi) is 3.28. The molecule has 0 unspecified atom stereocenters. The Morgan fingerprint density at radius 1 is 1.40 bits per heavy atom. The van der Waals surface area contributed by atoms with E-state index in [-0.39, 0.29) is 5.91 Å². The van der Waals surface area contributed by atoms with E-state index in [2.05, 4.69) is 9.97 Å². The monoisotopic (exact) mass is 285 g/mol. The van der Waals surface area contributed by atoms with Gasteiger partial charge in [0.25, 0.3) is 5.91 Å². The van der Waals surface area contributed by atoms with Crippen molar-refractivity contribution in [3.8, 4) is 0 Å². The molecule has 1 amide bonds. The van der Waals surface area contributed by atoms with Crippen molar-refractivity contribution in [2.75, 3.05) is 7.05 Å². The third-order valence-electron chi connectivity index (χ3n) is 3.21. The third kappa shape index (κ3) is 2.44. The molecule has 4 nitrogen and oxygen atoms in total. The number of aromatic nitrogens is 2.